The number of piperazine rings is 1. The third-order valence-corrected chi connectivity index (χ3v) is 6.45. The fourth-order valence-electron chi connectivity index (χ4n) is 4.31. The molecule has 0 aliphatic carbocycles. The number of nitrogens with zero attached hydrogens (tertiary/aromatic N) is 4. The maximum Gasteiger partial charge on any atom is 0.257 e. The first kappa shape index (κ1) is 21.8. The minimum atomic E-state index is -0.216. The molecule has 6 nitrogen and oxygen atoms in total. The molecular formula is C24H29ClN4O2. The maximum atomic E-state index is 13.4. The molecule has 2 aliphatic rings. The summed E-state index contributed by atoms with van der Waals surface area (Å²) in [7, 11) is 1.66. The quantitative estimate of drug-likeness (QED) is 0.687. The first-order valence-corrected chi connectivity index (χ1v) is 11.2. The average Bonchev–Trinajstić information content (AvgIpc) is 3.25. The van der Waals surface area contributed by atoms with Gasteiger partial charge in [0.1, 0.15) is 5.75 Å². The van der Waals surface area contributed by atoms with Crippen molar-refractivity contribution in [1.29, 1.82) is 0 Å². The molecule has 2 aliphatic heterocycles. The van der Waals surface area contributed by atoms with E-state index >= 15 is 0 Å². The zero-order chi connectivity index (χ0) is 21.8. The zero-order valence-electron chi connectivity index (χ0n) is 18.1. The van der Waals surface area contributed by atoms with Crippen molar-refractivity contribution in [2.75, 3.05) is 46.4 Å². The number of hydrogen-bond acceptors (Lipinski definition) is 5. The van der Waals surface area contributed by atoms with Crippen LogP contribution < -0.4 is 4.74 Å². The topological polar surface area (TPSA) is 48.4 Å². The van der Waals surface area contributed by atoms with Crippen molar-refractivity contribution in [3.63, 3.8) is 0 Å². The number of hydrogen-bond donors (Lipinski definition) is 0. The molecule has 0 spiro atoms. The molecule has 0 radical (unpaired) electrons. The van der Waals surface area contributed by atoms with Crippen LogP contribution in [-0.4, -0.2) is 72.8 Å². The highest BCUT2D eigenvalue weighted by molar-refractivity contribution is 6.34. The van der Waals surface area contributed by atoms with E-state index in [1.54, 1.807) is 12.1 Å². The first-order chi connectivity index (χ1) is 15.1. The molecule has 1 amide bonds. The Labute approximate surface area is 189 Å². The number of hydrazone groups is 1. The fraction of sp³-hybridized carbons (Fsp3) is 0.417. The standard InChI is InChI=1S/C24H29ClN4O2/c1-3-27-12-14-28(15-13-27)17-24(30)29-22(19-9-5-7-11-23(19)31-2)16-21(26-29)18-8-4-6-10-20(18)25/h4-11,22H,3,12-17H2,1-2H3. The average molecular weight is 441 g/mol. The zero-order valence-corrected chi connectivity index (χ0v) is 18.9. The minimum Gasteiger partial charge on any atom is -0.496 e. The molecule has 1 atom stereocenters. The summed E-state index contributed by atoms with van der Waals surface area (Å²) in [5, 5.41) is 7.06. The Hall–Kier alpha value is -2.41. The van der Waals surface area contributed by atoms with Gasteiger partial charge < -0.3 is 9.64 Å². The molecule has 2 aromatic carbocycles. The summed E-state index contributed by atoms with van der Waals surface area (Å²) >= 11 is 6.45. The lowest BCUT2D eigenvalue weighted by molar-refractivity contribution is -0.134. The van der Waals surface area contributed by atoms with E-state index in [0.717, 1.165) is 55.3 Å². The Balaban J connectivity index is 1.60. The second-order valence-electron chi connectivity index (χ2n) is 7.94. The Morgan fingerprint density at radius 3 is 2.45 bits per heavy atom. The Bertz CT molecular complexity index is 956. The van der Waals surface area contributed by atoms with Gasteiger partial charge in [-0.15, -0.1) is 0 Å². The molecular weight excluding hydrogens is 412 g/mol. The van der Waals surface area contributed by atoms with E-state index in [2.05, 4.69) is 16.7 Å². The van der Waals surface area contributed by atoms with Crippen molar-refractivity contribution in [1.82, 2.24) is 14.8 Å². The van der Waals surface area contributed by atoms with Gasteiger partial charge in [0.2, 0.25) is 0 Å². The highest BCUT2D eigenvalue weighted by atomic mass is 35.5. The van der Waals surface area contributed by atoms with E-state index in [-0.39, 0.29) is 11.9 Å². The summed E-state index contributed by atoms with van der Waals surface area (Å²) in [6, 6.07) is 15.3. The predicted octanol–water partition coefficient (Wildman–Crippen LogP) is 3.66. The number of halogens is 1. The predicted molar refractivity (Wildman–Crippen MR) is 124 cm³/mol. The van der Waals surface area contributed by atoms with E-state index in [0.29, 0.717) is 18.0 Å². The Morgan fingerprint density at radius 2 is 1.74 bits per heavy atom. The van der Waals surface area contributed by atoms with E-state index in [4.69, 9.17) is 21.4 Å². The van der Waals surface area contributed by atoms with Crippen molar-refractivity contribution in [2.24, 2.45) is 5.10 Å². The van der Waals surface area contributed by atoms with Crippen molar-refractivity contribution in [3.8, 4) is 5.75 Å². The van der Waals surface area contributed by atoms with Gasteiger partial charge >= 0.3 is 0 Å². The van der Waals surface area contributed by atoms with Crippen molar-refractivity contribution in [3.05, 3.63) is 64.7 Å². The molecule has 2 heterocycles. The van der Waals surface area contributed by atoms with Crippen LogP contribution in [0.3, 0.4) is 0 Å². The molecule has 0 bridgehead atoms. The molecule has 164 valence electrons. The molecule has 4 rings (SSSR count). The summed E-state index contributed by atoms with van der Waals surface area (Å²) in [4.78, 5) is 18.0. The van der Waals surface area contributed by atoms with E-state index in [1.807, 2.05) is 48.5 Å². The SMILES string of the molecule is CCN1CCN(CC(=O)N2N=C(c3ccccc3Cl)CC2c2ccccc2OC)CC1. The third-order valence-electron chi connectivity index (χ3n) is 6.12. The highest BCUT2D eigenvalue weighted by Crippen LogP contribution is 2.38. The lowest BCUT2D eigenvalue weighted by atomic mass is 9.97. The van der Waals surface area contributed by atoms with Crippen LogP contribution in [0.2, 0.25) is 5.02 Å². The lowest BCUT2D eigenvalue weighted by Gasteiger charge is -2.34. The van der Waals surface area contributed by atoms with Crippen LogP contribution in [0.15, 0.2) is 53.6 Å². The molecule has 0 saturated carbocycles. The summed E-state index contributed by atoms with van der Waals surface area (Å²) in [5.41, 5.74) is 2.65. The largest absolute Gasteiger partial charge is 0.496 e. The van der Waals surface area contributed by atoms with E-state index in [1.165, 1.54) is 0 Å². The van der Waals surface area contributed by atoms with Gasteiger partial charge in [-0.25, -0.2) is 5.01 Å². The number of rotatable bonds is 6. The van der Waals surface area contributed by atoms with Gasteiger partial charge in [-0.2, -0.15) is 5.10 Å². The molecule has 2 aromatic rings. The summed E-state index contributed by atoms with van der Waals surface area (Å²) in [6.45, 7) is 7.37. The van der Waals surface area contributed by atoms with E-state index < -0.39 is 0 Å². The number of methoxy groups -OCH3 is 1. The number of benzene rings is 2. The van der Waals surface area contributed by atoms with Crippen LogP contribution in [0.1, 0.15) is 30.5 Å². The van der Waals surface area contributed by atoms with Gasteiger partial charge in [0, 0.05) is 48.7 Å². The van der Waals surface area contributed by atoms with Crippen molar-refractivity contribution in [2.45, 2.75) is 19.4 Å². The van der Waals surface area contributed by atoms with Crippen LogP contribution in [0.5, 0.6) is 5.75 Å². The van der Waals surface area contributed by atoms with Crippen LogP contribution in [0.25, 0.3) is 0 Å². The third kappa shape index (κ3) is 4.76. The smallest absolute Gasteiger partial charge is 0.257 e. The number of likely N-dealkylation sites (N-methyl/N-ethyl adjacent to an activating group) is 1. The first-order valence-electron chi connectivity index (χ1n) is 10.8. The van der Waals surface area contributed by atoms with Gasteiger partial charge in [-0.05, 0) is 18.7 Å². The fourth-order valence-corrected chi connectivity index (χ4v) is 4.55. The molecule has 1 unspecified atom stereocenters. The van der Waals surface area contributed by atoms with Gasteiger partial charge in [-0.1, -0.05) is 54.9 Å². The lowest BCUT2D eigenvalue weighted by Crippen LogP contribution is -2.49. The number of carbonyl (C=O) groups is 1. The second-order valence-corrected chi connectivity index (χ2v) is 8.34. The van der Waals surface area contributed by atoms with Crippen LogP contribution in [-0.2, 0) is 4.79 Å². The molecule has 31 heavy (non-hydrogen) atoms. The minimum absolute atomic E-state index is 0.00269. The van der Waals surface area contributed by atoms with Gasteiger partial charge in [-0.3, -0.25) is 9.69 Å². The number of ether oxygens (including phenoxy) is 1. The van der Waals surface area contributed by atoms with Crippen LogP contribution in [0.4, 0.5) is 0 Å². The van der Waals surface area contributed by atoms with E-state index in [9.17, 15) is 4.79 Å². The molecule has 7 heteroatoms. The number of carbonyl (C=O) groups excluding carboxylic acids is 1. The summed E-state index contributed by atoms with van der Waals surface area (Å²) in [5.74, 6) is 0.764. The highest BCUT2D eigenvalue weighted by Gasteiger charge is 2.36. The van der Waals surface area contributed by atoms with Crippen LogP contribution >= 0.6 is 11.6 Å². The second kappa shape index (κ2) is 9.81. The number of para-hydroxylation sites is 1. The Kier molecular flexibility index (Phi) is 6.90. The molecule has 1 fully saturated rings. The number of amides is 1. The summed E-state index contributed by atoms with van der Waals surface area (Å²) in [6.07, 6.45) is 0.597. The molecule has 0 aromatic heterocycles. The summed E-state index contributed by atoms with van der Waals surface area (Å²) < 4.78 is 5.59. The van der Waals surface area contributed by atoms with Gasteiger partial charge in [0.15, 0.2) is 0 Å². The Morgan fingerprint density at radius 1 is 1.06 bits per heavy atom. The maximum absolute atomic E-state index is 13.4. The van der Waals surface area contributed by atoms with Crippen LogP contribution in [0, 0.1) is 0 Å². The monoisotopic (exact) mass is 440 g/mol. The van der Waals surface area contributed by atoms with Crippen molar-refractivity contribution >= 4 is 23.2 Å². The van der Waals surface area contributed by atoms with Gasteiger partial charge in [0.05, 0.1) is 25.4 Å². The molecule has 1 saturated heterocycles. The van der Waals surface area contributed by atoms with Crippen molar-refractivity contribution < 1.29 is 9.53 Å². The normalized spacial score (nSPS) is 20.0. The van der Waals surface area contributed by atoms with Gasteiger partial charge in [0.25, 0.3) is 5.91 Å². The molecule has 0 N–H and O–H groups in total.